The summed E-state index contributed by atoms with van der Waals surface area (Å²) in [6.45, 7) is 3.49. The number of halogens is 1. The van der Waals surface area contributed by atoms with Crippen LogP contribution in [-0.4, -0.2) is 21.0 Å². The van der Waals surface area contributed by atoms with Crippen LogP contribution in [0.5, 0.6) is 5.88 Å². The van der Waals surface area contributed by atoms with Crippen molar-refractivity contribution >= 4 is 33.9 Å². The highest BCUT2D eigenvalue weighted by Crippen LogP contribution is 2.33. The fourth-order valence-corrected chi connectivity index (χ4v) is 2.76. The molecule has 1 amide bonds. The zero-order valence-electron chi connectivity index (χ0n) is 13.4. The van der Waals surface area contributed by atoms with Crippen molar-refractivity contribution in [1.82, 2.24) is 15.0 Å². The summed E-state index contributed by atoms with van der Waals surface area (Å²) in [5, 5.41) is 6.69. The van der Waals surface area contributed by atoms with Crippen molar-refractivity contribution in [2.45, 2.75) is 13.8 Å². The zero-order valence-corrected chi connectivity index (χ0v) is 14.2. The van der Waals surface area contributed by atoms with Crippen LogP contribution in [-0.2, 0) is 0 Å². The van der Waals surface area contributed by atoms with E-state index in [2.05, 4.69) is 25.6 Å². The molecule has 0 bridgehead atoms. The van der Waals surface area contributed by atoms with E-state index in [9.17, 15) is 9.18 Å². The highest BCUT2D eigenvalue weighted by molar-refractivity contribution is 7.16. The van der Waals surface area contributed by atoms with Crippen LogP contribution in [0.4, 0.5) is 25.7 Å². The van der Waals surface area contributed by atoms with Gasteiger partial charge in [0, 0.05) is 11.9 Å². The number of hydrogen-bond acceptors (Lipinski definition) is 7. The largest absolute Gasteiger partial charge is 0.419 e. The average Bonchev–Trinajstić information content (AvgIpc) is 2.86. The predicted molar refractivity (Wildman–Crippen MR) is 92.9 cm³/mol. The lowest BCUT2D eigenvalue weighted by atomic mass is 10.3. The molecule has 3 rings (SSSR count). The molecule has 7 nitrogen and oxygen atoms in total. The van der Waals surface area contributed by atoms with E-state index in [1.54, 1.807) is 32.0 Å². The number of rotatable bonds is 4. The van der Waals surface area contributed by atoms with Gasteiger partial charge in [0.05, 0.1) is 5.01 Å². The van der Waals surface area contributed by atoms with Crippen LogP contribution < -0.4 is 15.4 Å². The Balaban J connectivity index is 1.73. The van der Waals surface area contributed by atoms with Gasteiger partial charge in [-0.1, -0.05) is 17.4 Å². The number of ether oxygens (including phenoxy) is 1. The molecule has 9 heteroatoms. The van der Waals surface area contributed by atoms with E-state index in [1.165, 1.54) is 29.7 Å². The number of benzene rings is 1. The molecule has 1 aromatic carbocycles. The molecule has 0 radical (unpaired) electrons. The van der Waals surface area contributed by atoms with Crippen LogP contribution >= 0.6 is 11.3 Å². The average molecular weight is 359 g/mol. The summed E-state index contributed by atoms with van der Waals surface area (Å²) in [5.41, 5.74) is 0.528. The summed E-state index contributed by atoms with van der Waals surface area (Å²) in [4.78, 5) is 24.2. The van der Waals surface area contributed by atoms with Crippen molar-refractivity contribution in [2.75, 3.05) is 10.6 Å². The van der Waals surface area contributed by atoms with Crippen LogP contribution in [0.15, 0.2) is 36.5 Å². The van der Waals surface area contributed by atoms with Gasteiger partial charge in [0.2, 0.25) is 0 Å². The molecule has 0 aliphatic carbocycles. The lowest BCUT2D eigenvalue weighted by Crippen LogP contribution is -2.18. The topological polar surface area (TPSA) is 89.0 Å². The fourth-order valence-electron chi connectivity index (χ4n) is 2.00. The molecule has 0 spiro atoms. The number of aryl methyl sites for hydroxylation is 2. The van der Waals surface area contributed by atoms with Gasteiger partial charge in [-0.3, -0.25) is 5.32 Å². The molecule has 0 aliphatic rings. The third kappa shape index (κ3) is 4.48. The summed E-state index contributed by atoms with van der Waals surface area (Å²) < 4.78 is 18.5. The van der Waals surface area contributed by atoms with Crippen molar-refractivity contribution < 1.29 is 13.9 Å². The number of hydrogen-bond donors (Lipinski definition) is 2. The maximum Gasteiger partial charge on any atom is 0.419 e. The number of carbonyl (C=O) groups excluding carboxylic acids is 1. The van der Waals surface area contributed by atoms with Crippen molar-refractivity contribution in [3.63, 3.8) is 0 Å². The molecule has 2 aromatic heterocycles. The Bertz CT molecular complexity index is 915. The lowest BCUT2D eigenvalue weighted by molar-refractivity contribution is 0.213. The van der Waals surface area contributed by atoms with Crippen LogP contribution in [0.1, 0.15) is 10.8 Å². The second-order valence-corrected chi connectivity index (χ2v) is 6.21. The smallest absolute Gasteiger partial charge is 0.388 e. The van der Waals surface area contributed by atoms with Gasteiger partial charge in [0.1, 0.15) is 17.5 Å². The van der Waals surface area contributed by atoms with Crippen molar-refractivity contribution in [3.05, 3.63) is 53.2 Å². The molecule has 0 saturated carbocycles. The molecule has 128 valence electrons. The molecule has 0 unspecified atom stereocenters. The first kappa shape index (κ1) is 16.8. The highest BCUT2D eigenvalue weighted by atomic mass is 32.1. The number of anilines is 3. The summed E-state index contributed by atoms with van der Waals surface area (Å²) >= 11 is 1.29. The van der Waals surface area contributed by atoms with Crippen LogP contribution in [0.3, 0.4) is 0 Å². The van der Waals surface area contributed by atoms with Crippen molar-refractivity contribution in [2.24, 2.45) is 0 Å². The van der Waals surface area contributed by atoms with Crippen LogP contribution in [0, 0.1) is 19.7 Å². The molecule has 0 fully saturated rings. The normalized spacial score (nSPS) is 10.4. The molecule has 0 atom stereocenters. The molecule has 2 heterocycles. The second-order valence-electron chi connectivity index (χ2n) is 5.01. The number of aromatic nitrogens is 3. The predicted octanol–water partition coefficient (Wildman–Crippen LogP) is 4.04. The summed E-state index contributed by atoms with van der Waals surface area (Å²) in [6, 6.07) is 7.51. The first-order valence-corrected chi connectivity index (χ1v) is 8.10. The number of nitrogens with one attached hydrogen (secondary N) is 2. The molecule has 3 aromatic rings. The van der Waals surface area contributed by atoms with E-state index >= 15 is 0 Å². The first-order chi connectivity index (χ1) is 12.0. The van der Waals surface area contributed by atoms with Gasteiger partial charge in [-0.15, -0.1) is 0 Å². The Kier molecular flexibility index (Phi) is 4.85. The van der Waals surface area contributed by atoms with E-state index in [0.717, 1.165) is 0 Å². The van der Waals surface area contributed by atoms with E-state index in [4.69, 9.17) is 4.74 Å². The quantitative estimate of drug-likeness (QED) is 0.731. The number of carbonyl (C=O) groups is 1. The highest BCUT2D eigenvalue weighted by Gasteiger charge is 2.16. The maximum absolute atomic E-state index is 13.3. The summed E-state index contributed by atoms with van der Waals surface area (Å²) in [6.07, 6.45) is 0.799. The molecular weight excluding hydrogens is 345 g/mol. The Morgan fingerprint density at radius 2 is 2.08 bits per heavy atom. The van der Waals surface area contributed by atoms with Gasteiger partial charge >= 0.3 is 6.09 Å². The standard InChI is InChI=1S/C16H14FN5O2S/c1-9-18-7-6-13(19-9)22-16(23)24-14-15(25-10(2)20-14)21-12-5-3-4-11(17)8-12/h3-8,21H,1-2H3,(H,18,19,22,23). The Morgan fingerprint density at radius 1 is 1.24 bits per heavy atom. The minimum atomic E-state index is -0.731. The van der Waals surface area contributed by atoms with E-state index in [1.807, 2.05) is 0 Å². The first-order valence-electron chi connectivity index (χ1n) is 7.28. The van der Waals surface area contributed by atoms with Gasteiger partial charge in [0.25, 0.3) is 5.88 Å². The van der Waals surface area contributed by atoms with E-state index in [0.29, 0.717) is 27.3 Å². The zero-order chi connectivity index (χ0) is 17.8. The lowest BCUT2D eigenvalue weighted by Gasteiger charge is -2.07. The van der Waals surface area contributed by atoms with Crippen LogP contribution in [0.2, 0.25) is 0 Å². The second kappa shape index (κ2) is 7.22. The minimum absolute atomic E-state index is 0.107. The fraction of sp³-hybridized carbons (Fsp3) is 0.125. The molecule has 2 N–H and O–H groups in total. The monoisotopic (exact) mass is 359 g/mol. The van der Waals surface area contributed by atoms with E-state index < -0.39 is 6.09 Å². The van der Waals surface area contributed by atoms with E-state index in [-0.39, 0.29) is 11.7 Å². The molecular formula is C16H14FN5O2S. The number of nitrogens with zero attached hydrogens (tertiary/aromatic N) is 3. The molecule has 25 heavy (non-hydrogen) atoms. The summed E-state index contributed by atoms with van der Waals surface area (Å²) in [5.74, 6) is 0.584. The number of amides is 1. The van der Waals surface area contributed by atoms with Gasteiger partial charge in [0.15, 0.2) is 5.00 Å². The SMILES string of the molecule is Cc1nccc(NC(=O)Oc2nc(C)sc2Nc2cccc(F)c2)n1. The Morgan fingerprint density at radius 3 is 2.84 bits per heavy atom. The molecule has 0 aliphatic heterocycles. The third-order valence-electron chi connectivity index (χ3n) is 2.98. The van der Waals surface area contributed by atoms with Gasteiger partial charge in [-0.25, -0.2) is 24.1 Å². The Hall–Kier alpha value is -3.07. The van der Waals surface area contributed by atoms with Gasteiger partial charge < -0.3 is 10.1 Å². The maximum atomic E-state index is 13.3. The third-order valence-corrected chi connectivity index (χ3v) is 3.85. The van der Waals surface area contributed by atoms with Crippen molar-refractivity contribution in [3.8, 4) is 5.88 Å². The molecule has 0 saturated heterocycles. The number of thiazole rings is 1. The van der Waals surface area contributed by atoms with Crippen LogP contribution in [0.25, 0.3) is 0 Å². The minimum Gasteiger partial charge on any atom is -0.388 e. The van der Waals surface area contributed by atoms with Crippen molar-refractivity contribution in [1.29, 1.82) is 0 Å². The van der Waals surface area contributed by atoms with Gasteiger partial charge in [-0.05, 0) is 38.1 Å². The Labute approximate surface area is 146 Å². The van der Waals surface area contributed by atoms with Gasteiger partial charge in [-0.2, -0.15) is 0 Å². The summed E-state index contributed by atoms with van der Waals surface area (Å²) in [7, 11) is 0.